The number of nitrogens with zero attached hydrogens (tertiary/aromatic N) is 7. The number of rotatable bonds is 8. The molecule has 1 aliphatic carbocycles. The number of aromatic nitrogens is 3. The van der Waals surface area contributed by atoms with Gasteiger partial charge in [0.2, 0.25) is 5.91 Å². The van der Waals surface area contributed by atoms with E-state index in [1.54, 1.807) is 12.0 Å². The number of pyridine rings is 1. The lowest BCUT2D eigenvalue weighted by Crippen LogP contribution is -2.49. The van der Waals surface area contributed by atoms with Crippen LogP contribution < -0.4 is 25.2 Å². The van der Waals surface area contributed by atoms with E-state index in [1.807, 2.05) is 30.3 Å². The fourth-order valence-corrected chi connectivity index (χ4v) is 8.92. The molecule has 0 radical (unpaired) electrons. The monoisotopic (exact) mass is 729 g/mol. The number of hydrogen-bond acceptors (Lipinski definition) is 9. The molecule has 3 aliphatic heterocycles. The van der Waals surface area contributed by atoms with E-state index in [0.29, 0.717) is 52.9 Å². The Labute approximate surface area is 315 Å². The fourth-order valence-electron chi connectivity index (χ4n) is 8.92. The molecule has 4 amide bonds. The second-order valence-corrected chi connectivity index (χ2v) is 15.5. The maximum Gasteiger partial charge on any atom is 0.328 e. The average Bonchev–Trinajstić information content (AvgIpc) is 3.62. The van der Waals surface area contributed by atoms with E-state index in [4.69, 9.17) is 9.84 Å². The highest BCUT2D eigenvalue weighted by molar-refractivity contribution is 6.06. The van der Waals surface area contributed by atoms with E-state index in [1.165, 1.54) is 76.6 Å². The Morgan fingerprint density at radius 1 is 0.981 bits per heavy atom. The first-order valence-electron chi connectivity index (χ1n) is 19.2. The molecule has 0 atom stereocenters. The molecule has 0 unspecified atom stereocenters. The van der Waals surface area contributed by atoms with Crippen LogP contribution in [0.4, 0.5) is 21.9 Å². The highest BCUT2D eigenvalue weighted by Gasteiger charge is 2.38. The summed E-state index contributed by atoms with van der Waals surface area (Å²) in [6.45, 7) is 5.98. The van der Waals surface area contributed by atoms with Crippen LogP contribution in [0.3, 0.4) is 0 Å². The van der Waals surface area contributed by atoms with Crippen molar-refractivity contribution in [2.75, 3.05) is 61.5 Å². The topological polar surface area (TPSA) is 149 Å². The maximum atomic E-state index is 13.0. The standard InChI is InChI=1S/C41H47N9O4/c1-54-37-22-35-31(20-36(37)44-39(52)30-19-29(23-42)24-43-25-30)27-50(46-35)32-7-5-28(6-8-32)26-47-15-10-41(11-16-47)12-17-48(18-13-41)33-3-2-4-34(21-33)49-14-9-38(51)45-40(49)53/h2-4,19-22,24-25,27-28,32H,5-18,26H2,1H3,(H,44,52)(H,45,51,53)/t28-,32-. The number of hydrogen-bond donors (Lipinski definition) is 2. The molecular formula is C41H47N9O4. The Bertz CT molecular complexity index is 2080. The summed E-state index contributed by atoms with van der Waals surface area (Å²) < 4.78 is 7.71. The molecule has 280 valence electrons. The minimum Gasteiger partial charge on any atom is -0.494 e. The van der Waals surface area contributed by atoms with E-state index in [-0.39, 0.29) is 17.8 Å². The van der Waals surface area contributed by atoms with Crippen LogP contribution in [0.1, 0.15) is 79.8 Å². The van der Waals surface area contributed by atoms with Gasteiger partial charge in [-0.15, -0.1) is 0 Å². The van der Waals surface area contributed by atoms with Crippen molar-refractivity contribution in [3.8, 4) is 11.8 Å². The molecule has 54 heavy (non-hydrogen) atoms. The summed E-state index contributed by atoms with van der Waals surface area (Å²) in [4.78, 5) is 47.8. The third-order valence-electron chi connectivity index (χ3n) is 12.2. The summed E-state index contributed by atoms with van der Waals surface area (Å²) in [6, 6.07) is 15.5. The molecule has 0 bridgehead atoms. The number of amides is 4. The molecule has 3 saturated heterocycles. The molecule has 4 fully saturated rings. The molecule has 4 aliphatic rings. The number of nitrogens with one attached hydrogen (secondary N) is 2. The SMILES string of the molecule is COc1cc2nn([C@H]3CC[C@H](CN4CCC5(CC4)CCN(c4cccc(N6CCC(=O)NC6=O)c4)CC5)CC3)cc2cc1NC(=O)c1cncc(C#N)c1. The summed E-state index contributed by atoms with van der Waals surface area (Å²) in [5.74, 6) is 0.654. The number of ether oxygens (including phenoxy) is 1. The molecule has 2 N–H and O–H groups in total. The summed E-state index contributed by atoms with van der Waals surface area (Å²) in [5, 5.41) is 20.4. The van der Waals surface area contributed by atoms with Gasteiger partial charge >= 0.3 is 6.03 Å². The van der Waals surface area contributed by atoms with Crippen molar-refractivity contribution in [1.82, 2.24) is 25.0 Å². The molecule has 4 aromatic rings. The number of methoxy groups -OCH3 is 1. The molecule has 2 aromatic carbocycles. The number of carbonyl (C=O) groups excluding carboxylic acids is 3. The number of carbonyl (C=O) groups is 3. The lowest BCUT2D eigenvalue weighted by molar-refractivity contribution is -0.120. The van der Waals surface area contributed by atoms with Crippen LogP contribution in [0.15, 0.2) is 61.1 Å². The van der Waals surface area contributed by atoms with Gasteiger partial charge < -0.3 is 19.9 Å². The van der Waals surface area contributed by atoms with Gasteiger partial charge in [-0.3, -0.25) is 29.5 Å². The van der Waals surface area contributed by atoms with Gasteiger partial charge in [0.25, 0.3) is 5.91 Å². The van der Waals surface area contributed by atoms with Gasteiger partial charge in [0.05, 0.1) is 35.5 Å². The molecule has 2 aromatic heterocycles. The van der Waals surface area contributed by atoms with Crippen LogP contribution in [0.25, 0.3) is 10.9 Å². The Morgan fingerprint density at radius 2 is 1.74 bits per heavy atom. The van der Waals surface area contributed by atoms with E-state index < -0.39 is 0 Å². The van der Waals surface area contributed by atoms with Crippen LogP contribution >= 0.6 is 0 Å². The van der Waals surface area contributed by atoms with E-state index in [2.05, 4.69) is 48.4 Å². The highest BCUT2D eigenvalue weighted by Crippen LogP contribution is 2.43. The van der Waals surface area contributed by atoms with Crippen molar-refractivity contribution in [3.05, 3.63) is 72.2 Å². The maximum absolute atomic E-state index is 13.0. The first-order chi connectivity index (χ1) is 26.3. The molecule has 13 nitrogen and oxygen atoms in total. The number of urea groups is 1. The molecular weight excluding hydrogens is 683 g/mol. The number of anilines is 3. The van der Waals surface area contributed by atoms with Crippen molar-refractivity contribution in [2.24, 2.45) is 11.3 Å². The number of fused-ring (bicyclic) bond motifs is 1. The van der Waals surface area contributed by atoms with Crippen LogP contribution in [-0.4, -0.2) is 83.9 Å². The van der Waals surface area contributed by atoms with Gasteiger partial charge in [-0.2, -0.15) is 10.4 Å². The smallest absolute Gasteiger partial charge is 0.328 e. The zero-order valence-corrected chi connectivity index (χ0v) is 30.8. The first-order valence-corrected chi connectivity index (χ1v) is 19.2. The predicted molar refractivity (Wildman–Crippen MR) is 206 cm³/mol. The molecule has 8 rings (SSSR count). The predicted octanol–water partition coefficient (Wildman–Crippen LogP) is 6.12. The minimum atomic E-state index is -0.359. The molecule has 1 saturated carbocycles. The van der Waals surface area contributed by atoms with Crippen molar-refractivity contribution in [1.29, 1.82) is 5.26 Å². The normalized spacial score (nSPS) is 21.9. The third-order valence-corrected chi connectivity index (χ3v) is 12.2. The van der Waals surface area contributed by atoms with Crippen molar-refractivity contribution in [2.45, 2.75) is 63.8 Å². The number of benzene rings is 2. The molecule has 1 spiro atoms. The van der Waals surface area contributed by atoms with E-state index in [9.17, 15) is 19.6 Å². The van der Waals surface area contributed by atoms with Crippen LogP contribution in [0.2, 0.25) is 0 Å². The van der Waals surface area contributed by atoms with Crippen LogP contribution in [-0.2, 0) is 4.79 Å². The Hall–Kier alpha value is -5.48. The van der Waals surface area contributed by atoms with Crippen molar-refractivity contribution < 1.29 is 19.1 Å². The van der Waals surface area contributed by atoms with Crippen molar-refractivity contribution in [3.63, 3.8) is 0 Å². The van der Waals surface area contributed by atoms with Crippen LogP contribution in [0, 0.1) is 22.7 Å². The van der Waals surface area contributed by atoms with Gasteiger partial charge in [0.1, 0.15) is 11.8 Å². The summed E-state index contributed by atoms with van der Waals surface area (Å²) in [6.07, 6.45) is 14.7. The Kier molecular flexibility index (Phi) is 9.94. The largest absolute Gasteiger partial charge is 0.494 e. The summed E-state index contributed by atoms with van der Waals surface area (Å²) >= 11 is 0. The van der Waals surface area contributed by atoms with Gasteiger partial charge in [0.15, 0.2) is 0 Å². The van der Waals surface area contributed by atoms with Gasteiger partial charge in [-0.1, -0.05) is 6.07 Å². The number of imide groups is 1. The highest BCUT2D eigenvalue weighted by atomic mass is 16.5. The lowest BCUT2D eigenvalue weighted by atomic mass is 9.71. The molecule has 13 heteroatoms. The number of piperidine rings is 2. The summed E-state index contributed by atoms with van der Waals surface area (Å²) in [5.41, 5.74) is 4.41. The minimum absolute atomic E-state index is 0.212. The third kappa shape index (κ3) is 7.48. The second kappa shape index (κ2) is 15.1. The zero-order chi connectivity index (χ0) is 37.2. The Morgan fingerprint density at radius 3 is 2.48 bits per heavy atom. The quantitative estimate of drug-likeness (QED) is 0.219. The van der Waals surface area contributed by atoms with Crippen LogP contribution in [0.5, 0.6) is 5.75 Å². The molecule has 5 heterocycles. The van der Waals surface area contributed by atoms with Gasteiger partial charge in [-0.05, 0) is 106 Å². The fraction of sp³-hybridized carbons (Fsp3) is 0.463. The average molecular weight is 730 g/mol. The first kappa shape index (κ1) is 35.5. The van der Waals surface area contributed by atoms with Gasteiger partial charge in [0, 0.05) is 74.0 Å². The second-order valence-electron chi connectivity index (χ2n) is 15.5. The number of nitriles is 1. The number of likely N-dealkylation sites (tertiary alicyclic amines) is 1. The van der Waals surface area contributed by atoms with E-state index in [0.717, 1.165) is 48.2 Å². The van der Waals surface area contributed by atoms with E-state index >= 15 is 0 Å². The van der Waals surface area contributed by atoms with Crippen molar-refractivity contribution >= 4 is 45.8 Å². The Balaban J connectivity index is 0.809. The van der Waals surface area contributed by atoms with Gasteiger partial charge in [-0.25, -0.2) is 4.79 Å². The lowest BCUT2D eigenvalue weighted by Gasteiger charge is -2.48. The zero-order valence-electron chi connectivity index (χ0n) is 30.8. The summed E-state index contributed by atoms with van der Waals surface area (Å²) in [7, 11) is 1.57.